The number of carbonyl (C=O) groups excluding carboxylic acids is 1. The summed E-state index contributed by atoms with van der Waals surface area (Å²) < 4.78 is 1.67. The summed E-state index contributed by atoms with van der Waals surface area (Å²) in [6, 6.07) is 15.9. The molecule has 1 heterocycles. The quantitative estimate of drug-likeness (QED) is 0.705. The lowest BCUT2D eigenvalue weighted by Crippen LogP contribution is -2.29. The molecule has 2 aromatic carbocycles. The van der Waals surface area contributed by atoms with E-state index in [-0.39, 0.29) is 12.5 Å². The van der Waals surface area contributed by atoms with E-state index in [1.807, 2.05) is 36.4 Å². The number of fused-ring (bicyclic) bond motifs is 1. The third-order valence-corrected chi connectivity index (χ3v) is 4.06. The van der Waals surface area contributed by atoms with Crippen LogP contribution in [0.2, 0.25) is 5.02 Å². The molecule has 3 aromatic rings. The van der Waals surface area contributed by atoms with Gasteiger partial charge in [-0.05, 0) is 30.5 Å². The summed E-state index contributed by atoms with van der Waals surface area (Å²) in [6.45, 7) is 0.864. The van der Waals surface area contributed by atoms with Crippen molar-refractivity contribution in [3.05, 3.63) is 65.3 Å². The maximum absolute atomic E-state index is 12.0. The van der Waals surface area contributed by atoms with Crippen molar-refractivity contribution in [2.45, 2.75) is 19.4 Å². The summed E-state index contributed by atoms with van der Waals surface area (Å²) >= 11 is 6.11. The van der Waals surface area contributed by atoms with E-state index in [9.17, 15) is 4.79 Å². The van der Waals surface area contributed by atoms with E-state index >= 15 is 0 Å². The molecule has 1 amide bonds. The molecule has 0 unspecified atom stereocenters. The van der Waals surface area contributed by atoms with Gasteiger partial charge in [0.15, 0.2) is 0 Å². The zero-order valence-electron chi connectivity index (χ0n) is 12.7. The van der Waals surface area contributed by atoms with Crippen LogP contribution in [-0.2, 0) is 17.8 Å². The lowest BCUT2D eigenvalue weighted by atomic mass is 10.1. The van der Waals surface area contributed by atoms with Gasteiger partial charge in [0.1, 0.15) is 6.54 Å². The van der Waals surface area contributed by atoms with Crippen LogP contribution in [0.1, 0.15) is 12.0 Å². The third-order valence-electron chi connectivity index (χ3n) is 3.73. The van der Waals surface area contributed by atoms with Crippen molar-refractivity contribution in [2.75, 3.05) is 6.54 Å². The SMILES string of the molecule is O=C(Cn1ncc2c(Cl)cccc21)NCCCc1ccccc1. The van der Waals surface area contributed by atoms with Gasteiger partial charge in [0, 0.05) is 11.9 Å². The van der Waals surface area contributed by atoms with Crippen molar-refractivity contribution in [3.63, 3.8) is 0 Å². The van der Waals surface area contributed by atoms with Gasteiger partial charge in [0.05, 0.1) is 16.7 Å². The molecule has 5 heteroatoms. The number of hydrogen-bond donors (Lipinski definition) is 1. The van der Waals surface area contributed by atoms with Crippen LogP contribution < -0.4 is 5.32 Å². The molecule has 1 aromatic heterocycles. The largest absolute Gasteiger partial charge is 0.354 e. The van der Waals surface area contributed by atoms with E-state index in [4.69, 9.17) is 11.6 Å². The molecule has 1 N–H and O–H groups in total. The number of nitrogens with one attached hydrogen (secondary N) is 1. The second-order valence-electron chi connectivity index (χ2n) is 5.41. The van der Waals surface area contributed by atoms with Gasteiger partial charge < -0.3 is 5.32 Å². The van der Waals surface area contributed by atoms with Gasteiger partial charge in [0.25, 0.3) is 0 Å². The number of benzene rings is 2. The Morgan fingerprint density at radius 1 is 1.13 bits per heavy atom. The summed E-state index contributed by atoms with van der Waals surface area (Å²) in [4.78, 5) is 12.0. The molecule has 0 saturated carbocycles. The lowest BCUT2D eigenvalue weighted by Gasteiger charge is -2.06. The van der Waals surface area contributed by atoms with Crippen molar-refractivity contribution in [1.82, 2.24) is 15.1 Å². The fourth-order valence-electron chi connectivity index (χ4n) is 2.55. The zero-order chi connectivity index (χ0) is 16.1. The normalized spacial score (nSPS) is 10.8. The van der Waals surface area contributed by atoms with Gasteiger partial charge in [-0.25, -0.2) is 0 Å². The minimum Gasteiger partial charge on any atom is -0.354 e. The van der Waals surface area contributed by atoms with E-state index in [2.05, 4.69) is 22.5 Å². The van der Waals surface area contributed by atoms with E-state index in [1.165, 1.54) is 5.56 Å². The van der Waals surface area contributed by atoms with Crippen molar-refractivity contribution in [2.24, 2.45) is 0 Å². The van der Waals surface area contributed by atoms with Crippen molar-refractivity contribution in [3.8, 4) is 0 Å². The van der Waals surface area contributed by atoms with Crippen LogP contribution in [0.25, 0.3) is 10.9 Å². The zero-order valence-corrected chi connectivity index (χ0v) is 13.5. The smallest absolute Gasteiger partial charge is 0.241 e. The van der Waals surface area contributed by atoms with Crippen LogP contribution in [0.15, 0.2) is 54.7 Å². The predicted molar refractivity (Wildman–Crippen MR) is 92.5 cm³/mol. The number of halogens is 1. The molecular weight excluding hydrogens is 310 g/mol. The number of hydrogen-bond acceptors (Lipinski definition) is 2. The number of nitrogens with zero attached hydrogens (tertiary/aromatic N) is 2. The Morgan fingerprint density at radius 2 is 1.96 bits per heavy atom. The van der Waals surface area contributed by atoms with Gasteiger partial charge in [-0.3, -0.25) is 9.48 Å². The van der Waals surface area contributed by atoms with Crippen LogP contribution in [0.5, 0.6) is 0 Å². The predicted octanol–water partition coefficient (Wildman–Crippen LogP) is 3.44. The topological polar surface area (TPSA) is 46.9 Å². The number of rotatable bonds is 6. The first kappa shape index (κ1) is 15.6. The molecule has 0 aliphatic carbocycles. The molecule has 23 heavy (non-hydrogen) atoms. The van der Waals surface area contributed by atoms with Crippen LogP contribution in [0, 0.1) is 0 Å². The fourth-order valence-corrected chi connectivity index (χ4v) is 2.77. The average Bonchev–Trinajstić information content (AvgIpc) is 2.97. The fraction of sp³-hybridized carbons (Fsp3) is 0.222. The number of amides is 1. The average molecular weight is 328 g/mol. The van der Waals surface area contributed by atoms with Crippen molar-refractivity contribution < 1.29 is 4.79 Å². The first-order chi connectivity index (χ1) is 11.2. The van der Waals surface area contributed by atoms with Crippen LogP contribution >= 0.6 is 11.6 Å². The maximum atomic E-state index is 12.0. The second kappa shape index (κ2) is 7.29. The molecule has 0 spiro atoms. The Kier molecular flexibility index (Phi) is 4.93. The number of aromatic nitrogens is 2. The molecule has 118 valence electrons. The second-order valence-corrected chi connectivity index (χ2v) is 5.82. The molecule has 4 nitrogen and oxygen atoms in total. The molecule has 0 radical (unpaired) electrons. The molecule has 0 aliphatic rings. The molecule has 0 saturated heterocycles. The maximum Gasteiger partial charge on any atom is 0.241 e. The molecule has 3 rings (SSSR count). The van der Waals surface area contributed by atoms with Crippen molar-refractivity contribution >= 4 is 28.4 Å². The molecule has 0 fully saturated rings. The standard InChI is InChI=1S/C18H18ClN3O/c19-16-9-4-10-17-15(16)12-21-22(17)13-18(23)20-11-5-8-14-6-2-1-3-7-14/h1-4,6-7,9-10,12H,5,8,11,13H2,(H,20,23). The Morgan fingerprint density at radius 3 is 2.78 bits per heavy atom. The van der Waals surface area contributed by atoms with Crippen LogP contribution in [0.3, 0.4) is 0 Å². The third kappa shape index (κ3) is 3.90. The van der Waals surface area contributed by atoms with Crippen molar-refractivity contribution in [1.29, 1.82) is 0 Å². The van der Waals surface area contributed by atoms with E-state index in [0.717, 1.165) is 23.7 Å². The van der Waals surface area contributed by atoms with E-state index in [1.54, 1.807) is 10.9 Å². The lowest BCUT2D eigenvalue weighted by molar-refractivity contribution is -0.121. The van der Waals surface area contributed by atoms with Gasteiger partial charge >= 0.3 is 0 Å². The molecular formula is C18H18ClN3O. The highest BCUT2D eigenvalue weighted by atomic mass is 35.5. The molecule has 0 bridgehead atoms. The minimum absolute atomic E-state index is 0.0389. The summed E-state index contributed by atoms with van der Waals surface area (Å²) in [5.41, 5.74) is 2.16. The summed E-state index contributed by atoms with van der Waals surface area (Å²) in [6.07, 6.45) is 3.57. The Bertz CT molecular complexity index is 798. The van der Waals surface area contributed by atoms with Crippen LogP contribution in [0.4, 0.5) is 0 Å². The summed E-state index contributed by atoms with van der Waals surface area (Å²) in [7, 11) is 0. The van der Waals surface area contributed by atoms with Gasteiger partial charge in [-0.1, -0.05) is 48.0 Å². The Balaban J connectivity index is 1.50. The minimum atomic E-state index is -0.0389. The first-order valence-electron chi connectivity index (χ1n) is 7.65. The Hall–Kier alpha value is -2.33. The summed E-state index contributed by atoms with van der Waals surface area (Å²) in [5, 5.41) is 8.70. The monoisotopic (exact) mass is 327 g/mol. The highest BCUT2D eigenvalue weighted by Crippen LogP contribution is 2.22. The first-order valence-corrected chi connectivity index (χ1v) is 8.02. The van der Waals surface area contributed by atoms with Gasteiger partial charge in [-0.15, -0.1) is 0 Å². The summed E-state index contributed by atoms with van der Waals surface area (Å²) in [5.74, 6) is -0.0389. The number of aryl methyl sites for hydroxylation is 1. The molecule has 0 atom stereocenters. The highest BCUT2D eigenvalue weighted by Gasteiger charge is 2.08. The van der Waals surface area contributed by atoms with Crippen LogP contribution in [-0.4, -0.2) is 22.2 Å². The van der Waals surface area contributed by atoms with E-state index in [0.29, 0.717) is 11.6 Å². The van der Waals surface area contributed by atoms with E-state index < -0.39 is 0 Å². The van der Waals surface area contributed by atoms with Gasteiger partial charge in [-0.2, -0.15) is 5.10 Å². The van der Waals surface area contributed by atoms with Gasteiger partial charge in [0.2, 0.25) is 5.91 Å². The number of carbonyl (C=O) groups is 1. The Labute approximate surface area is 140 Å². The highest BCUT2D eigenvalue weighted by molar-refractivity contribution is 6.35. The molecule has 0 aliphatic heterocycles.